The first kappa shape index (κ1) is 32.4. The average Bonchev–Trinajstić information content (AvgIpc) is 3.62. The monoisotopic (exact) mass is 667 g/mol. The Hall–Kier alpha value is -6.77. The number of rotatable bonds is 7. The maximum Gasteiger partial charge on any atom is 0.143 e. The third-order valence-corrected chi connectivity index (χ3v) is 9.50. The van der Waals surface area contributed by atoms with Crippen molar-refractivity contribution in [2.24, 2.45) is 0 Å². The Bertz CT molecular complexity index is 2540. The number of fused-ring (bicyclic) bond motifs is 3. The minimum atomic E-state index is 0.803. The van der Waals surface area contributed by atoms with Gasteiger partial charge in [-0.2, -0.15) is 0 Å². The maximum atomic E-state index is 8.26. The third kappa shape index (κ3) is 6.70. The molecule has 1 N–H and O–H groups in total. The van der Waals surface area contributed by atoms with Crippen LogP contribution in [0.25, 0.3) is 66.4 Å². The molecule has 0 amide bonds. The molecule has 248 valence electrons. The van der Waals surface area contributed by atoms with E-state index in [0.717, 1.165) is 78.4 Å². The lowest BCUT2D eigenvalue weighted by Crippen LogP contribution is -1.88. The first-order chi connectivity index (χ1) is 25.8. The van der Waals surface area contributed by atoms with Gasteiger partial charge in [-0.3, -0.25) is 0 Å². The van der Waals surface area contributed by atoms with Crippen molar-refractivity contribution in [1.82, 2.24) is 0 Å². The van der Waals surface area contributed by atoms with Crippen LogP contribution in [0.4, 0.5) is 0 Å². The van der Waals surface area contributed by atoms with Crippen LogP contribution >= 0.6 is 0 Å². The van der Waals surface area contributed by atoms with Gasteiger partial charge in [0.05, 0.1) is 0 Å². The van der Waals surface area contributed by atoms with Crippen LogP contribution in [-0.2, 0) is 6.42 Å². The van der Waals surface area contributed by atoms with Crippen LogP contribution in [0.3, 0.4) is 0 Å². The zero-order valence-corrected chi connectivity index (χ0v) is 28.7. The summed E-state index contributed by atoms with van der Waals surface area (Å²) in [6, 6.07) is 69.4. The summed E-state index contributed by atoms with van der Waals surface area (Å²) < 4.78 is 6.84. The second-order valence-electron chi connectivity index (χ2n) is 12.8. The van der Waals surface area contributed by atoms with Gasteiger partial charge in [-0.05, 0) is 69.1 Å². The Morgan fingerprint density at radius 1 is 0.385 bits per heavy atom. The average molecular weight is 668 g/mol. The van der Waals surface area contributed by atoms with E-state index in [0.29, 0.717) is 0 Å². The van der Waals surface area contributed by atoms with Crippen molar-refractivity contribution in [3.05, 3.63) is 217 Å². The number of furan rings is 1. The van der Waals surface area contributed by atoms with E-state index in [-0.39, 0.29) is 0 Å². The van der Waals surface area contributed by atoms with Crippen LogP contribution in [0.1, 0.15) is 16.7 Å². The van der Waals surface area contributed by atoms with Gasteiger partial charge in [0.25, 0.3) is 0 Å². The molecule has 2 heteroatoms. The first-order valence-corrected chi connectivity index (χ1v) is 17.6. The van der Waals surface area contributed by atoms with E-state index in [1.807, 2.05) is 24.3 Å². The maximum absolute atomic E-state index is 8.26. The third-order valence-electron chi connectivity index (χ3n) is 9.50. The summed E-state index contributed by atoms with van der Waals surface area (Å²) in [4.78, 5) is 0. The quantitative estimate of drug-likeness (QED) is 0.169. The second-order valence-corrected chi connectivity index (χ2v) is 12.8. The number of hydrogen-bond acceptors (Lipinski definition) is 2. The van der Waals surface area contributed by atoms with E-state index in [1.165, 1.54) is 17.3 Å². The summed E-state index contributed by atoms with van der Waals surface area (Å²) >= 11 is 0. The molecule has 9 rings (SSSR count). The van der Waals surface area contributed by atoms with Crippen molar-refractivity contribution in [2.75, 3.05) is 0 Å². The fourth-order valence-electron chi connectivity index (χ4n) is 6.98. The molecule has 0 fully saturated rings. The number of benzene rings is 8. The Morgan fingerprint density at radius 2 is 0.865 bits per heavy atom. The lowest BCUT2D eigenvalue weighted by Gasteiger charge is -2.11. The number of nitrogens with one attached hydrogen (secondary N) is 1. The summed E-state index contributed by atoms with van der Waals surface area (Å²) in [6.07, 6.45) is 2.46. The van der Waals surface area contributed by atoms with Crippen LogP contribution in [0.5, 0.6) is 0 Å². The lowest BCUT2D eigenvalue weighted by atomic mass is 9.91. The molecule has 0 unspecified atom stereocenters. The fourth-order valence-corrected chi connectivity index (χ4v) is 6.98. The highest BCUT2D eigenvalue weighted by atomic mass is 16.3. The molecule has 8 aromatic carbocycles. The summed E-state index contributed by atoms with van der Waals surface area (Å²) in [5, 5.41) is 10.2. The van der Waals surface area contributed by atoms with Gasteiger partial charge in [-0.25, -0.2) is 0 Å². The molecule has 0 saturated carbocycles. The molecule has 0 aliphatic heterocycles. The van der Waals surface area contributed by atoms with Crippen LogP contribution in [0.2, 0.25) is 0 Å². The molecule has 9 aromatic rings. The zero-order valence-electron chi connectivity index (χ0n) is 28.7. The molecule has 2 nitrogen and oxygen atoms in total. The summed E-state index contributed by atoms with van der Waals surface area (Å²) in [7, 11) is 0. The van der Waals surface area contributed by atoms with Gasteiger partial charge in [-0.1, -0.05) is 182 Å². The van der Waals surface area contributed by atoms with E-state index < -0.39 is 0 Å². The largest absolute Gasteiger partial charge is 0.455 e. The molecule has 0 atom stereocenters. The fraction of sp³-hybridized carbons (Fsp3) is 0.0200. The molecule has 1 aromatic heterocycles. The van der Waals surface area contributed by atoms with Gasteiger partial charge < -0.3 is 9.83 Å². The lowest BCUT2D eigenvalue weighted by molar-refractivity contribution is 0.671. The van der Waals surface area contributed by atoms with E-state index in [4.69, 9.17) is 9.83 Å². The van der Waals surface area contributed by atoms with Crippen molar-refractivity contribution >= 4 is 28.2 Å². The first-order valence-electron chi connectivity index (χ1n) is 17.6. The molecule has 0 bridgehead atoms. The highest BCUT2D eigenvalue weighted by Gasteiger charge is 2.21. The minimum absolute atomic E-state index is 0.803. The molecule has 0 aliphatic carbocycles. The summed E-state index contributed by atoms with van der Waals surface area (Å²) in [6.45, 7) is 0. The van der Waals surface area contributed by atoms with Gasteiger partial charge in [-0.15, -0.1) is 0 Å². The SMILES string of the molecule is N=Cc1ccc(-c2ccccc2-c2ccccc2)c2oc3c(-c4ccccc4)cc(-c4ccccc4)cc3c12.c1ccc(Cc2ccccc2)cc1. The Morgan fingerprint density at radius 3 is 1.42 bits per heavy atom. The van der Waals surface area contributed by atoms with Gasteiger partial charge in [0.1, 0.15) is 11.2 Å². The molecular weight excluding hydrogens is 631 g/mol. The summed E-state index contributed by atoms with van der Waals surface area (Å²) in [5.74, 6) is 0. The topological polar surface area (TPSA) is 37.0 Å². The van der Waals surface area contributed by atoms with E-state index in [2.05, 4.69) is 176 Å². The van der Waals surface area contributed by atoms with Gasteiger partial charge >= 0.3 is 0 Å². The standard InChI is InChI=1S/C37H25NO.C13H12/c38-24-28-20-21-32(31-19-11-10-18-30(31)26-14-6-2-7-15-26)37-35(28)34-23-29(25-12-4-1-5-13-25)22-33(36(34)39-37)27-16-8-3-9-17-27;1-3-7-12(8-4-1)11-13-9-5-2-6-10-13/h1-24,38H;1-10H,11H2. The van der Waals surface area contributed by atoms with Crippen molar-refractivity contribution in [1.29, 1.82) is 5.41 Å². The van der Waals surface area contributed by atoms with Crippen molar-refractivity contribution in [2.45, 2.75) is 6.42 Å². The van der Waals surface area contributed by atoms with E-state index in [1.54, 1.807) is 0 Å². The van der Waals surface area contributed by atoms with Crippen LogP contribution < -0.4 is 0 Å². The Labute approximate surface area is 304 Å². The van der Waals surface area contributed by atoms with Crippen LogP contribution in [0, 0.1) is 5.41 Å². The van der Waals surface area contributed by atoms with Crippen molar-refractivity contribution in [3.8, 4) is 44.5 Å². The predicted octanol–water partition coefficient (Wildman–Crippen LogP) is 13.5. The van der Waals surface area contributed by atoms with Crippen molar-refractivity contribution in [3.63, 3.8) is 0 Å². The predicted molar refractivity (Wildman–Crippen MR) is 219 cm³/mol. The van der Waals surface area contributed by atoms with Crippen LogP contribution in [0.15, 0.2) is 205 Å². The van der Waals surface area contributed by atoms with Crippen LogP contribution in [-0.4, -0.2) is 6.21 Å². The number of hydrogen-bond donors (Lipinski definition) is 1. The van der Waals surface area contributed by atoms with Gasteiger partial charge in [0.15, 0.2) is 0 Å². The minimum Gasteiger partial charge on any atom is -0.455 e. The highest BCUT2D eigenvalue weighted by Crippen LogP contribution is 2.45. The molecule has 52 heavy (non-hydrogen) atoms. The molecule has 0 aliphatic rings. The van der Waals surface area contributed by atoms with E-state index >= 15 is 0 Å². The molecule has 0 spiro atoms. The zero-order chi connectivity index (χ0) is 35.1. The van der Waals surface area contributed by atoms with Gasteiger partial charge in [0.2, 0.25) is 0 Å². The summed E-state index contributed by atoms with van der Waals surface area (Å²) in [5.41, 5.74) is 14.1. The Kier molecular flexibility index (Phi) is 9.36. The molecular formula is C50H37NO. The molecule has 0 radical (unpaired) electrons. The van der Waals surface area contributed by atoms with Gasteiger partial charge in [0, 0.05) is 33.7 Å². The Balaban J connectivity index is 0.000000250. The smallest absolute Gasteiger partial charge is 0.143 e. The molecule has 0 saturated heterocycles. The van der Waals surface area contributed by atoms with Crippen molar-refractivity contribution < 1.29 is 4.42 Å². The second kappa shape index (κ2) is 15.0. The highest BCUT2D eigenvalue weighted by molar-refractivity contribution is 6.19. The van der Waals surface area contributed by atoms with E-state index in [9.17, 15) is 0 Å². The molecule has 1 heterocycles. The normalized spacial score (nSPS) is 10.8.